The van der Waals surface area contributed by atoms with Crippen LogP contribution in [0.25, 0.3) is 0 Å². The number of hydrogen-bond donors (Lipinski definition) is 1. The molecule has 88 valence electrons. The molecule has 0 radical (unpaired) electrons. The number of aromatic nitrogens is 1. The minimum absolute atomic E-state index is 0.156. The van der Waals surface area contributed by atoms with E-state index in [1.54, 1.807) is 6.20 Å². The zero-order chi connectivity index (χ0) is 11.8. The number of nitrogens with two attached hydrogens (primary N) is 1. The van der Waals surface area contributed by atoms with Crippen molar-refractivity contribution in [3.8, 4) is 0 Å². The number of pyridine rings is 1. The quantitative estimate of drug-likeness (QED) is 0.861. The molecular weight excluding hydrogens is 272 g/mol. The number of hydrogen-bond acceptors (Lipinski definition) is 4. The van der Waals surface area contributed by atoms with Crippen LogP contribution in [0.2, 0.25) is 0 Å². The first-order valence-electron chi connectivity index (χ1n) is 5.17. The number of halogens is 1. The number of nitrogens with zero attached hydrogens (tertiary/aromatic N) is 1. The maximum absolute atomic E-state index is 5.65. The molecule has 16 heavy (non-hydrogen) atoms. The number of anilines is 1. The van der Waals surface area contributed by atoms with Crippen molar-refractivity contribution in [1.29, 1.82) is 0 Å². The van der Waals surface area contributed by atoms with E-state index in [-0.39, 0.29) is 5.92 Å². The fourth-order valence-corrected chi connectivity index (χ4v) is 2.30. The first-order valence-corrected chi connectivity index (χ1v) is 5.96. The number of nitrogen functional groups attached to an aromatic ring is 1. The second-order valence-corrected chi connectivity index (χ2v) is 5.21. The van der Waals surface area contributed by atoms with Crippen molar-refractivity contribution in [2.45, 2.75) is 25.6 Å². The highest BCUT2D eigenvalue weighted by Gasteiger charge is 2.30. The Kier molecular flexibility index (Phi) is 3.19. The van der Waals surface area contributed by atoms with E-state index in [1.165, 1.54) is 0 Å². The minimum Gasteiger partial charge on any atom is -0.397 e. The SMILES string of the molecule is CC1(C)OCC(c2ncc(N)cc2Br)CO1. The molecule has 1 fully saturated rings. The van der Waals surface area contributed by atoms with Crippen molar-refractivity contribution >= 4 is 21.6 Å². The van der Waals surface area contributed by atoms with E-state index < -0.39 is 5.79 Å². The molecule has 2 rings (SSSR count). The van der Waals surface area contributed by atoms with Crippen LogP contribution >= 0.6 is 15.9 Å². The van der Waals surface area contributed by atoms with E-state index in [0.717, 1.165) is 10.2 Å². The summed E-state index contributed by atoms with van der Waals surface area (Å²) >= 11 is 3.46. The van der Waals surface area contributed by atoms with Gasteiger partial charge in [0.15, 0.2) is 5.79 Å². The van der Waals surface area contributed by atoms with Gasteiger partial charge in [0, 0.05) is 10.4 Å². The highest BCUT2D eigenvalue weighted by Crippen LogP contribution is 2.30. The molecule has 1 saturated heterocycles. The van der Waals surface area contributed by atoms with Crippen molar-refractivity contribution in [3.05, 3.63) is 22.4 Å². The molecule has 5 heteroatoms. The number of rotatable bonds is 1. The van der Waals surface area contributed by atoms with E-state index in [0.29, 0.717) is 18.9 Å². The average Bonchev–Trinajstić information content (AvgIpc) is 2.19. The molecular formula is C11H15BrN2O2. The Labute approximate surface area is 103 Å². The van der Waals surface area contributed by atoms with Crippen molar-refractivity contribution < 1.29 is 9.47 Å². The summed E-state index contributed by atoms with van der Waals surface area (Å²) in [7, 11) is 0. The van der Waals surface area contributed by atoms with Gasteiger partial charge in [-0.25, -0.2) is 0 Å². The molecule has 0 bridgehead atoms. The van der Waals surface area contributed by atoms with Crippen LogP contribution < -0.4 is 5.73 Å². The monoisotopic (exact) mass is 286 g/mol. The van der Waals surface area contributed by atoms with Gasteiger partial charge in [-0.2, -0.15) is 0 Å². The van der Waals surface area contributed by atoms with Gasteiger partial charge in [0.2, 0.25) is 0 Å². The van der Waals surface area contributed by atoms with Crippen LogP contribution in [0.5, 0.6) is 0 Å². The van der Waals surface area contributed by atoms with Crippen LogP contribution in [0.1, 0.15) is 25.5 Å². The Balaban J connectivity index is 2.14. The Morgan fingerprint density at radius 2 is 2.06 bits per heavy atom. The zero-order valence-electron chi connectivity index (χ0n) is 9.37. The zero-order valence-corrected chi connectivity index (χ0v) is 11.0. The van der Waals surface area contributed by atoms with Gasteiger partial charge in [-0.05, 0) is 35.8 Å². The molecule has 0 aliphatic carbocycles. The van der Waals surface area contributed by atoms with E-state index in [1.807, 2.05) is 19.9 Å². The van der Waals surface area contributed by atoms with Gasteiger partial charge in [0.25, 0.3) is 0 Å². The first kappa shape index (κ1) is 11.8. The maximum atomic E-state index is 5.65. The van der Waals surface area contributed by atoms with Crippen LogP contribution in [0, 0.1) is 0 Å². The molecule has 0 amide bonds. The van der Waals surface area contributed by atoms with Gasteiger partial charge in [-0.1, -0.05) is 0 Å². The van der Waals surface area contributed by atoms with Gasteiger partial charge in [-0.3, -0.25) is 4.98 Å². The van der Waals surface area contributed by atoms with Gasteiger partial charge < -0.3 is 15.2 Å². The Bertz CT molecular complexity index is 386. The molecule has 1 aliphatic heterocycles. The molecule has 0 atom stereocenters. The number of ether oxygens (including phenoxy) is 2. The lowest BCUT2D eigenvalue weighted by molar-refractivity contribution is -0.251. The second kappa shape index (κ2) is 4.31. The predicted molar refractivity (Wildman–Crippen MR) is 65.1 cm³/mol. The van der Waals surface area contributed by atoms with Crippen molar-refractivity contribution in [2.75, 3.05) is 18.9 Å². The van der Waals surface area contributed by atoms with E-state index in [2.05, 4.69) is 20.9 Å². The lowest BCUT2D eigenvalue weighted by atomic mass is 10.1. The normalized spacial score (nSPS) is 20.9. The molecule has 0 aromatic carbocycles. The second-order valence-electron chi connectivity index (χ2n) is 4.35. The minimum atomic E-state index is -0.489. The summed E-state index contributed by atoms with van der Waals surface area (Å²) in [6.45, 7) is 5.05. The molecule has 0 saturated carbocycles. The fourth-order valence-electron chi connectivity index (χ4n) is 1.61. The topological polar surface area (TPSA) is 57.4 Å². The van der Waals surface area contributed by atoms with Crippen LogP contribution in [0.3, 0.4) is 0 Å². The highest BCUT2D eigenvalue weighted by atomic mass is 79.9. The van der Waals surface area contributed by atoms with E-state index in [9.17, 15) is 0 Å². The van der Waals surface area contributed by atoms with Crippen LogP contribution in [-0.4, -0.2) is 24.0 Å². The summed E-state index contributed by atoms with van der Waals surface area (Å²) in [5, 5.41) is 0. The highest BCUT2D eigenvalue weighted by molar-refractivity contribution is 9.10. The molecule has 1 aromatic heterocycles. The lowest BCUT2D eigenvalue weighted by Crippen LogP contribution is -2.38. The van der Waals surface area contributed by atoms with Crippen molar-refractivity contribution in [1.82, 2.24) is 4.98 Å². The Hall–Kier alpha value is -0.650. The largest absolute Gasteiger partial charge is 0.397 e. The maximum Gasteiger partial charge on any atom is 0.162 e. The van der Waals surface area contributed by atoms with E-state index in [4.69, 9.17) is 15.2 Å². The fraction of sp³-hybridized carbons (Fsp3) is 0.545. The predicted octanol–water partition coefficient (Wildman–Crippen LogP) is 2.29. The summed E-state index contributed by atoms with van der Waals surface area (Å²) in [6.07, 6.45) is 1.65. The molecule has 2 heterocycles. The molecule has 1 aliphatic rings. The molecule has 1 aromatic rings. The molecule has 2 N–H and O–H groups in total. The van der Waals surface area contributed by atoms with E-state index >= 15 is 0 Å². The summed E-state index contributed by atoms with van der Waals surface area (Å²) in [5.74, 6) is -0.334. The average molecular weight is 287 g/mol. The molecule has 0 unspecified atom stereocenters. The first-order chi connectivity index (χ1) is 7.48. The summed E-state index contributed by atoms with van der Waals surface area (Å²) in [6, 6.07) is 1.85. The van der Waals surface area contributed by atoms with Gasteiger partial charge in [-0.15, -0.1) is 0 Å². The van der Waals surface area contributed by atoms with Gasteiger partial charge in [0.1, 0.15) is 0 Å². The standard InChI is InChI=1S/C11H15BrN2O2/c1-11(2)15-5-7(6-16-11)10-9(12)3-8(13)4-14-10/h3-4,7H,5-6,13H2,1-2H3. The Morgan fingerprint density at radius 3 is 2.62 bits per heavy atom. The van der Waals surface area contributed by atoms with Crippen LogP contribution in [0.15, 0.2) is 16.7 Å². The molecule has 0 spiro atoms. The van der Waals surface area contributed by atoms with Crippen molar-refractivity contribution in [2.24, 2.45) is 0 Å². The van der Waals surface area contributed by atoms with Gasteiger partial charge >= 0.3 is 0 Å². The molecule has 4 nitrogen and oxygen atoms in total. The Morgan fingerprint density at radius 1 is 1.44 bits per heavy atom. The summed E-state index contributed by atoms with van der Waals surface area (Å²) in [5.41, 5.74) is 7.23. The lowest BCUT2D eigenvalue weighted by Gasteiger charge is -2.34. The van der Waals surface area contributed by atoms with Crippen LogP contribution in [-0.2, 0) is 9.47 Å². The van der Waals surface area contributed by atoms with Crippen LogP contribution in [0.4, 0.5) is 5.69 Å². The third-order valence-corrected chi connectivity index (χ3v) is 3.18. The summed E-state index contributed by atoms with van der Waals surface area (Å²) < 4.78 is 12.1. The third-order valence-electron chi connectivity index (χ3n) is 2.54. The van der Waals surface area contributed by atoms with Crippen molar-refractivity contribution in [3.63, 3.8) is 0 Å². The van der Waals surface area contributed by atoms with Gasteiger partial charge in [0.05, 0.1) is 30.8 Å². The smallest absolute Gasteiger partial charge is 0.162 e. The third kappa shape index (κ3) is 2.53. The summed E-state index contributed by atoms with van der Waals surface area (Å²) in [4.78, 5) is 4.32.